The van der Waals surface area contributed by atoms with Gasteiger partial charge in [0.2, 0.25) is 0 Å². The van der Waals surface area contributed by atoms with E-state index in [0.29, 0.717) is 11.6 Å². The number of rotatable bonds is 3. The molecule has 1 amide bonds. The first-order chi connectivity index (χ1) is 10.8. The summed E-state index contributed by atoms with van der Waals surface area (Å²) >= 11 is 0. The molecule has 2 heterocycles. The van der Waals surface area contributed by atoms with Gasteiger partial charge in [0.25, 0.3) is 0 Å². The van der Waals surface area contributed by atoms with Crippen LogP contribution in [0.1, 0.15) is 19.3 Å². The molecule has 0 spiro atoms. The number of hydrogen-bond donors (Lipinski definition) is 1. The second-order valence-corrected chi connectivity index (χ2v) is 5.16. The molecule has 1 aliphatic heterocycles. The molecule has 1 N–H and O–H groups in total. The van der Waals surface area contributed by atoms with Gasteiger partial charge in [0.15, 0.2) is 11.6 Å². The van der Waals surface area contributed by atoms with E-state index < -0.39 is 6.09 Å². The van der Waals surface area contributed by atoms with Crippen molar-refractivity contribution in [2.24, 2.45) is 0 Å². The zero-order valence-corrected chi connectivity index (χ0v) is 12.2. The lowest BCUT2D eigenvalue weighted by atomic mass is 10.2. The molecule has 2 aromatic rings. The summed E-state index contributed by atoms with van der Waals surface area (Å²) in [4.78, 5) is 20.2. The molecular weight excluding hydrogens is 280 g/mol. The van der Waals surface area contributed by atoms with Crippen LogP contribution in [-0.4, -0.2) is 34.2 Å². The second-order valence-electron chi connectivity index (χ2n) is 5.16. The average molecular weight is 298 g/mol. The van der Waals surface area contributed by atoms with Crippen LogP contribution < -0.4 is 10.2 Å². The highest BCUT2D eigenvalue weighted by molar-refractivity contribution is 5.69. The summed E-state index contributed by atoms with van der Waals surface area (Å²) in [6, 6.07) is 9.65. The zero-order chi connectivity index (χ0) is 15.2. The number of carbonyl (C=O) groups is 1. The van der Waals surface area contributed by atoms with E-state index >= 15 is 0 Å². The Morgan fingerprint density at radius 3 is 2.41 bits per heavy atom. The van der Waals surface area contributed by atoms with Crippen molar-refractivity contribution in [3.05, 3.63) is 42.7 Å². The highest BCUT2D eigenvalue weighted by Gasteiger charge is 2.14. The lowest BCUT2D eigenvalue weighted by molar-refractivity contribution is 0.129. The van der Waals surface area contributed by atoms with Gasteiger partial charge in [0.1, 0.15) is 0 Å². The van der Waals surface area contributed by atoms with E-state index in [1.54, 1.807) is 0 Å². The largest absolute Gasteiger partial charge is 0.427 e. The van der Waals surface area contributed by atoms with E-state index in [2.05, 4.69) is 15.4 Å². The van der Waals surface area contributed by atoms with Crippen LogP contribution in [0.5, 0.6) is 5.75 Å². The molecule has 0 atom stereocenters. The van der Waals surface area contributed by atoms with Gasteiger partial charge in [-0.3, -0.25) is 5.43 Å². The van der Waals surface area contributed by atoms with Crippen molar-refractivity contribution in [1.29, 1.82) is 0 Å². The van der Waals surface area contributed by atoms with Gasteiger partial charge in [-0.15, -0.1) is 0 Å². The third-order valence-electron chi connectivity index (χ3n) is 3.48. The van der Waals surface area contributed by atoms with E-state index in [0.717, 1.165) is 31.5 Å². The fraction of sp³-hybridized carbons (Fsp3) is 0.312. The number of ether oxygens (including phenoxy) is 1. The lowest BCUT2D eigenvalue weighted by Crippen LogP contribution is -2.46. The first-order valence-electron chi connectivity index (χ1n) is 7.42. The number of hydrazine groups is 1. The summed E-state index contributed by atoms with van der Waals surface area (Å²) < 4.78 is 5.19. The van der Waals surface area contributed by atoms with Crippen molar-refractivity contribution in [3.8, 4) is 17.1 Å². The molecule has 6 heteroatoms. The maximum atomic E-state index is 11.8. The maximum absolute atomic E-state index is 11.8. The minimum absolute atomic E-state index is 0.328. The molecule has 0 radical (unpaired) electrons. The van der Waals surface area contributed by atoms with Crippen molar-refractivity contribution in [1.82, 2.24) is 20.4 Å². The molecule has 1 fully saturated rings. The van der Waals surface area contributed by atoms with Crippen LogP contribution in [0.15, 0.2) is 42.7 Å². The number of benzene rings is 1. The molecule has 0 unspecified atom stereocenters. The Kier molecular flexibility index (Phi) is 4.60. The molecule has 0 aliphatic carbocycles. The summed E-state index contributed by atoms with van der Waals surface area (Å²) in [5.41, 5.74) is 3.65. The van der Waals surface area contributed by atoms with Crippen molar-refractivity contribution < 1.29 is 9.53 Å². The molecule has 6 nitrogen and oxygen atoms in total. The van der Waals surface area contributed by atoms with Crippen LogP contribution in [0.3, 0.4) is 0 Å². The monoisotopic (exact) mass is 298 g/mol. The molecule has 0 saturated carbocycles. The molecule has 1 aromatic heterocycles. The number of nitrogens with one attached hydrogen (secondary N) is 1. The third kappa shape index (κ3) is 3.79. The van der Waals surface area contributed by atoms with E-state index in [1.807, 2.05) is 35.3 Å². The van der Waals surface area contributed by atoms with Gasteiger partial charge in [-0.05, 0) is 12.8 Å². The number of piperidine rings is 1. The van der Waals surface area contributed by atoms with Gasteiger partial charge >= 0.3 is 6.09 Å². The van der Waals surface area contributed by atoms with Gasteiger partial charge in [0, 0.05) is 18.7 Å². The number of nitrogens with zero attached hydrogens (tertiary/aromatic N) is 3. The first-order valence-corrected chi connectivity index (χ1v) is 7.42. The summed E-state index contributed by atoms with van der Waals surface area (Å²) in [5, 5.41) is 1.88. The van der Waals surface area contributed by atoms with Gasteiger partial charge in [-0.2, -0.15) is 0 Å². The third-order valence-corrected chi connectivity index (χ3v) is 3.48. The Morgan fingerprint density at radius 1 is 1.05 bits per heavy atom. The highest BCUT2D eigenvalue weighted by atomic mass is 16.6. The average Bonchev–Trinajstić information content (AvgIpc) is 2.57. The smallest absolute Gasteiger partial charge is 0.406 e. The van der Waals surface area contributed by atoms with Crippen LogP contribution in [0.2, 0.25) is 0 Å². The predicted molar refractivity (Wildman–Crippen MR) is 82.1 cm³/mol. The molecule has 114 valence electrons. The molecule has 0 bridgehead atoms. The number of hydrogen-bond acceptors (Lipinski definition) is 5. The second kappa shape index (κ2) is 7.00. The van der Waals surface area contributed by atoms with Crippen LogP contribution in [0.4, 0.5) is 4.79 Å². The van der Waals surface area contributed by atoms with Crippen LogP contribution in [0.25, 0.3) is 11.4 Å². The quantitative estimate of drug-likeness (QED) is 0.943. The highest BCUT2D eigenvalue weighted by Crippen LogP contribution is 2.16. The SMILES string of the molecule is O=C(NN1CCCCC1)Oc1cnc(-c2ccccc2)nc1. The van der Waals surface area contributed by atoms with Crippen LogP contribution in [0, 0.1) is 0 Å². The molecule has 1 aliphatic rings. The minimum Gasteiger partial charge on any atom is -0.406 e. The summed E-state index contributed by atoms with van der Waals surface area (Å²) in [5.74, 6) is 0.929. The standard InChI is InChI=1S/C16H18N4O2/c21-16(19-20-9-5-2-6-10-20)22-14-11-17-15(18-12-14)13-7-3-1-4-8-13/h1,3-4,7-8,11-12H,2,5-6,9-10H2,(H,19,21). The molecule has 3 rings (SSSR count). The van der Waals surface area contributed by atoms with Crippen molar-refractivity contribution in [2.45, 2.75) is 19.3 Å². The fourth-order valence-electron chi connectivity index (χ4n) is 2.37. The van der Waals surface area contributed by atoms with Gasteiger partial charge in [-0.1, -0.05) is 36.8 Å². The Balaban J connectivity index is 1.57. The first kappa shape index (κ1) is 14.5. The number of aromatic nitrogens is 2. The van der Waals surface area contributed by atoms with E-state index in [1.165, 1.54) is 18.8 Å². The number of carbonyl (C=O) groups excluding carboxylic acids is 1. The molecule has 22 heavy (non-hydrogen) atoms. The molecule has 1 aromatic carbocycles. The van der Waals surface area contributed by atoms with Crippen molar-refractivity contribution in [3.63, 3.8) is 0 Å². The van der Waals surface area contributed by atoms with E-state index in [-0.39, 0.29) is 0 Å². The van der Waals surface area contributed by atoms with Crippen LogP contribution in [-0.2, 0) is 0 Å². The van der Waals surface area contributed by atoms with Crippen LogP contribution >= 0.6 is 0 Å². The Bertz CT molecular complexity index is 610. The van der Waals surface area contributed by atoms with Gasteiger partial charge in [0.05, 0.1) is 12.4 Å². The minimum atomic E-state index is -0.502. The Labute approximate surface area is 129 Å². The summed E-state index contributed by atoms with van der Waals surface area (Å²) in [7, 11) is 0. The predicted octanol–water partition coefficient (Wildman–Crippen LogP) is 2.63. The zero-order valence-electron chi connectivity index (χ0n) is 12.2. The van der Waals surface area contributed by atoms with Crippen molar-refractivity contribution in [2.75, 3.05) is 13.1 Å². The van der Waals surface area contributed by atoms with Gasteiger partial charge < -0.3 is 4.74 Å². The molecule has 1 saturated heterocycles. The summed E-state index contributed by atoms with van der Waals surface area (Å²) in [6.45, 7) is 1.72. The number of amides is 1. The molecular formula is C16H18N4O2. The summed E-state index contributed by atoms with van der Waals surface area (Å²) in [6.07, 6.45) is 5.90. The van der Waals surface area contributed by atoms with E-state index in [4.69, 9.17) is 4.74 Å². The lowest BCUT2D eigenvalue weighted by Gasteiger charge is -2.26. The maximum Gasteiger partial charge on any atom is 0.427 e. The normalized spacial score (nSPS) is 15.3. The fourth-order valence-corrected chi connectivity index (χ4v) is 2.37. The van der Waals surface area contributed by atoms with E-state index in [9.17, 15) is 4.79 Å². The van der Waals surface area contributed by atoms with Gasteiger partial charge in [-0.25, -0.2) is 19.8 Å². The Hall–Kier alpha value is -2.47. The topological polar surface area (TPSA) is 67.4 Å². The Morgan fingerprint density at radius 2 is 1.73 bits per heavy atom. The van der Waals surface area contributed by atoms with Crippen molar-refractivity contribution >= 4 is 6.09 Å².